The summed E-state index contributed by atoms with van der Waals surface area (Å²) in [5.41, 5.74) is 0.575. The van der Waals surface area contributed by atoms with Crippen molar-refractivity contribution in [2.24, 2.45) is 0 Å². The van der Waals surface area contributed by atoms with Gasteiger partial charge in [0.25, 0.3) is 0 Å². The SMILES string of the molecule is CC(=O)c1ccccc1OCCOc1ccc2c(c1)OCO2. The van der Waals surface area contributed by atoms with Gasteiger partial charge < -0.3 is 18.9 Å². The van der Waals surface area contributed by atoms with Crippen LogP contribution in [0.25, 0.3) is 0 Å². The first-order valence-corrected chi connectivity index (χ1v) is 6.99. The molecule has 1 heterocycles. The van der Waals surface area contributed by atoms with Gasteiger partial charge in [-0.3, -0.25) is 4.79 Å². The van der Waals surface area contributed by atoms with E-state index in [1.807, 2.05) is 24.3 Å². The molecule has 0 radical (unpaired) electrons. The zero-order valence-corrected chi connectivity index (χ0v) is 12.2. The van der Waals surface area contributed by atoms with E-state index < -0.39 is 0 Å². The molecule has 0 aromatic heterocycles. The van der Waals surface area contributed by atoms with Gasteiger partial charge in [0, 0.05) is 6.07 Å². The highest BCUT2D eigenvalue weighted by molar-refractivity contribution is 5.96. The second-order valence-electron chi connectivity index (χ2n) is 4.76. The fourth-order valence-corrected chi connectivity index (χ4v) is 2.16. The van der Waals surface area contributed by atoms with Gasteiger partial charge in [-0.2, -0.15) is 0 Å². The molecule has 0 spiro atoms. The van der Waals surface area contributed by atoms with Crippen molar-refractivity contribution in [3.8, 4) is 23.0 Å². The first-order valence-electron chi connectivity index (χ1n) is 6.99. The van der Waals surface area contributed by atoms with Gasteiger partial charge in [-0.05, 0) is 31.2 Å². The number of ketones is 1. The van der Waals surface area contributed by atoms with Crippen LogP contribution in [-0.4, -0.2) is 25.8 Å². The summed E-state index contributed by atoms with van der Waals surface area (Å²) in [7, 11) is 0. The quantitative estimate of drug-likeness (QED) is 0.606. The first-order chi connectivity index (χ1) is 10.7. The number of hydrogen-bond acceptors (Lipinski definition) is 5. The summed E-state index contributed by atoms with van der Waals surface area (Å²) < 4.78 is 21.7. The highest BCUT2D eigenvalue weighted by Crippen LogP contribution is 2.35. The molecule has 3 rings (SSSR count). The number of carbonyl (C=O) groups is 1. The summed E-state index contributed by atoms with van der Waals surface area (Å²) in [6.45, 7) is 2.47. The number of Topliss-reactive ketones (excluding diaryl/α,β-unsaturated/α-hetero) is 1. The van der Waals surface area contributed by atoms with Gasteiger partial charge in [0.2, 0.25) is 6.79 Å². The maximum atomic E-state index is 11.5. The fraction of sp³-hybridized carbons (Fsp3) is 0.235. The predicted octanol–water partition coefficient (Wildman–Crippen LogP) is 3.08. The Morgan fingerprint density at radius 1 is 1.05 bits per heavy atom. The highest BCUT2D eigenvalue weighted by Gasteiger charge is 2.13. The molecule has 0 unspecified atom stereocenters. The van der Waals surface area contributed by atoms with E-state index >= 15 is 0 Å². The Labute approximate surface area is 128 Å². The Bertz CT molecular complexity index is 680. The van der Waals surface area contributed by atoms with E-state index in [9.17, 15) is 4.79 Å². The van der Waals surface area contributed by atoms with Crippen molar-refractivity contribution in [1.29, 1.82) is 0 Å². The van der Waals surface area contributed by atoms with Crippen molar-refractivity contribution in [3.63, 3.8) is 0 Å². The first kappa shape index (κ1) is 14.3. The minimum Gasteiger partial charge on any atom is -0.490 e. The minimum absolute atomic E-state index is 0.0210. The molecule has 0 aliphatic carbocycles. The molecule has 2 aromatic rings. The van der Waals surface area contributed by atoms with E-state index in [1.165, 1.54) is 6.92 Å². The third kappa shape index (κ3) is 3.14. The van der Waals surface area contributed by atoms with Crippen molar-refractivity contribution in [1.82, 2.24) is 0 Å². The molecule has 2 aromatic carbocycles. The Morgan fingerprint density at radius 3 is 2.68 bits per heavy atom. The van der Waals surface area contributed by atoms with Gasteiger partial charge >= 0.3 is 0 Å². The van der Waals surface area contributed by atoms with Gasteiger partial charge in [-0.15, -0.1) is 0 Å². The second-order valence-corrected chi connectivity index (χ2v) is 4.76. The van der Waals surface area contributed by atoms with Crippen molar-refractivity contribution >= 4 is 5.78 Å². The molecule has 0 atom stereocenters. The van der Waals surface area contributed by atoms with Crippen molar-refractivity contribution in [2.75, 3.05) is 20.0 Å². The molecule has 0 saturated carbocycles. The van der Waals surface area contributed by atoms with Crippen LogP contribution < -0.4 is 18.9 Å². The topological polar surface area (TPSA) is 54.0 Å². The van der Waals surface area contributed by atoms with Crippen LogP contribution in [-0.2, 0) is 0 Å². The van der Waals surface area contributed by atoms with E-state index in [0.29, 0.717) is 36.0 Å². The van der Waals surface area contributed by atoms with Crippen molar-refractivity contribution in [3.05, 3.63) is 48.0 Å². The number of para-hydroxylation sites is 1. The smallest absolute Gasteiger partial charge is 0.231 e. The summed E-state index contributed by atoms with van der Waals surface area (Å²) in [5.74, 6) is 2.64. The van der Waals surface area contributed by atoms with Gasteiger partial charge in [-0.1, -0.05) is 12.1 Å². The molecule has 0 saturated heterocycles. The molecular weight excluding hydrogens is 284 g/mol. The summed E-state index contributed by atoms with van der Waals surface area (Å²) in [6.07, 6.45) is 0. The van der Waals surface area contributed by atoms with Gasteiger partial charge in [0.15, 0.2) is 17.3 Å². The van der Waals surface area contributed by atoms with Crippen LogP contribution in [0.4, 0.5) is 0 Å². The molecule has 0 bridgehead atoms. The van der Waals surface area contributed by atoms with Crippen LogP contribution >= 0.6 is 0 Å². The van der Waals surface area contributed by atoms with E-state index in [-0.39, 0.29) is 12.6 Å². The van der Waals surface area contributed by atoms with E-state index in [0.717, 1.165) is 5.75 Å². The van der Waals surface area contributed by atoms with E-state index in [2.05, 4.69) is 0 Å². The molecule has 114 valence electrons. The molecule has 0 amide bonds. The largest absolute Gasteiger partial charge is 0.490 e. The molecule has 1 aliphatic rings. The number of rotatable bonds is 6. The minimum atomic E-state index is -0.0210. The highest BCUT2D eigenvalue weighted by atomic mass is 16.7. The maximum absolute atomic E-state index is 11.5. The molecule has 0 N–H and O–H groups in total. The number of carbonyl (C=O) groups excluding carboxylic acids is 1. The maximum Gasteiger partial charge on any atom is 0.231 e. The summed E-state index contributed by atoms with van der Waals surface area (Å²) >= 11 is 0. The Hall–Kier alpha value is -2.69. The Morgan fingerprint density at radius 2 is 1.82 bits per heavy atom. The van der Waals surface area contributed by atoms with Gasteiger partial charge in [0.05, 0.1) is 5.56 Å². The Kier molecular flexibility index (Phi) is 4.14. The number of hydrogen-bond donors (Lipinski definition) is 0. The summed E-state index contributed by atoms with van der Waals surface area (Å²) in [5, 5.41) is 0. The number of benzene rings is 2. The lowest BCUT2D eigenvalue weighted by molar-refractivity contribution is 0.101. The zero-order valence-electron chi connectivity index (χ0n) is 12.2. The van der Waals surface area contributed by atoms with Crippen molar-refractivity contribution < 1.29 is 23.7 Å². The summed E-state index contributed by atoms with van der Waals surface area (Å²) in [6, 6.07) is 12.6. The number of fused-ring (bicyclic) bond motifs is 1. The molecule has 22 heavy (non-hydrogen) atoms. The zero-order chi connectivity index (χ0) is 15.4. The van der Waals surface area contributed by atoms with Crippen LogP contribution in [0.5, 0.6) is 23.0 Å². The van der Waals surface area contributed by atoms with E-state index in [4.69, 9.17) is 18.9 Å². The molecule has 5 nitrogen and oxygen atoms in total. The average molecular weight is 300 g/mol. The van der Waals surface area contributed by atoms with Crippen LogP contribution in [0.1, 0.15) is 17.3 Å². The molecular formula is C17H16O5. The van der Waals surface area contributed by atoms with Crippen LogP contribution in [0, 0.1) is 0 Å². The van der Waals surface area contributed by atoms with Gasteiger partial charge in [-0.25, -0.2) is 0 Å². The lowest BCUT2D eigenvalue weighted by Crippen LogP contribution is -2.10. The van der Waals surface area contributed by atoms with Gasteiger partial charge in [0.1, 0.15) is 24.7 Å². The normalized spacial score (nSPS) is 12.0. The lowest BCUT2D eigenvalue weighted by Gasteiger charge is -2.11. The van der Waals surface area contributed by atoms with Crippen molar-refractivity contribution in [2.45, 2.75) is 6.92 Å². The lowest BCUT2D eigenvalue weighted by atomic mass is 10.1. The molecule has 0 fully saturated rings. The monoisotopic (exact) mass is 300 g/mol. The average Bonchev–Trinajstić information content (AvgIpc) is 2.99. The predicted molar refractivity (Wildman–Crippen MR) is 80.0 cm³/mol. The third-order valence-corrected chi connectivity index (χ3v) is 3.22. The van der Waals surface area contributed by atoms with E-state index in [1.54, 1.807) is 18.2 Å². The fourth-order valence-electron chi connectivity index (χ4n) is 2.16. The van der Waals surface area contributed by atoms with Crippen LogP contribution in [0.3, 0.4) is 0 Å². The Balaban J connectivity index is 1.53. The number of ether oxygens (including phenoxy) is 4. The second kappa shape index (κ2) is 6.39. The standard InChI is InChI=1S/C17H16O5/c1-12(18)14-4-2-3-5-15(14)20-9-8-19-13-6-7-16-17(10-13)22-11-21-16/h2-7,10H,8-9,11H2,1H3. The molecule has 5 heteroatoms. The molecule has 1 aliphatic heterocycles. The van der Waals surface area contributed by atoms with Crippen LogP contribution in [0.15, 0.2) is 42.5 Å². The third-order valence-electron chi connectivity index (χ3n) is 3.22. The summed E-state index contributed by atoms with van der Waals surface area (Å²) in [4.78, 5) is 11.5. The van der Waals surface area contributed by atoms with Crippen LogP contribution in [0.2, 0.25) is 0 Å².